The molecule has 5 nitrogen and oxygen atoms in total. The predicted octanol–water partition coefficient (Wildman–Crippen LogP) is 4.13. The molecule has 0 saturated heterocycles. The lowest BCUT2D eigenvalue weighted by Gasteiger charge is -2.11. The maximum atomic E-state index is 14.3. The molecular formula is C19H14F4N4OS. The molecule has 0 amide bonds. The van der Waals surface area contributed by atoms with Gasteiger partial charge in [-0.3, -0.25) is 9.20 Å². The minimum Gasteiger partial charge on any atom is -0.348 e. The van der Waals surface area contributed by atoms with Crippen molar-refractivity contribution in [1.29, 1.82) is 0 Å². The molecule has 3 heterocycles. The number of alkyl halides is 3. The molecule has 0 fully saturated rings. The molecule has 0 aliphatic carbocycles. The molecule has 0 radical (unpaired) electrons. The number of thiazole rings is 1. The van der Waals surface area contributed by atoms with Gasteiger partial charge in [0.2, 0.25) is 0 Å². The van der Waals surface area contributed by atoms with Gasteiger partial charge in [-0.25, -0.2) is 14.4 Å². The van der Waals surface area contributed by atoms with Gasteiger partial charge in [0, 0.05) is 41.9 Å². The normalized spacial score (nSPS) is 12.0. The van der Waals surface area contributed by atoms with E-state index in [9.17, 15) is 22.4 Å². The molecule has 0 atom stereocenters. The second-order valence-corrected chi connectivity index (χ2v) is 7.66. The first kappa shape index (κ1) is 19.3. The molecule has 0 unspecified atom stereocenters. The quantitative estimate of drug-likeness (QED) is 0.503. The second-order valence-electron chi connectivity index (χ2n) is 6.47. The average molecular weight is 422 g/mol. The van der Waals surface area contributed by atoms with Crippen molar-refractivity contribution in [2.24, 2.45) is 0 Å². The third kappa shape index (κ3) is 3.67. The van der Waals surface area contributed by atoms with Crippen LogP contribution in [0.4, 0.5) is 17.6 Å². The van der Waals surface area contributed by atoms with Crippen LogP contribution in [0, 0.1) is 12.7 Å². The smallest absolute Gasteiger partial charge is 0.348 e. The molecule has 0 bridgehead atoms. The number of aryl methyl sites for hydroxylation is 1. The molecule has 1 aromatic carbocycles. The van der Waals surface area contributed by atoms with Gasteiger partial charge in [0.15, 0.2) is 4.96 Å². The molecule has 4 rings (SSSR count). The van der Waals surface area contributed by atoms with Crippen LogP contribution in [0.3, 0.4) is 0 Å². The van der Waals surface area contributed by atoms with E-state index < -0.39 is 17.6 Å². The highest BCUT2D eigenvalue weighted by Crippen LogP contribution is 2.33. The number of nitrogens with one attached hydrogen (secondary N) is 1. The van der Waals surface area contributed by atoms with Gasteiger partial charge in [0.1, 0.15) is 11.6 Å². The van der Waals surface area contributed by atoms with E-state index in [2.05, 4.69) is 15.0 Å². The number of halogens is 4. The fraction of sp³-hybridized carbons (Fsp3) is 0.211. The predicted molar refractivity (Wildman–Crippen MR) is 99.7 cm³/mol. The number of nitrogens with zero attached hydrogens (tertiary/aromatic N) is 3. The molecule has 150 valence electrons. The Morgan fingerprint density at radius 3 is 2.72 bits per heavy atom. The Balaban J connectivity index is 1.73. The highest BCUT2D eigenvalue weighted by atomic mass is 32.1. The number of rotatable bonds is 4. The van der Waals surface area contributed by atoms with Crippen molar-refractivity contribution in [3.05, 3.63) is 86.0 Å². The molecule has 0 saturated carbocycles. The van der Waals surface area contributed by atoms with Crippen LogP contribution in [0.2, 0.25) is 0 Å². The lowest BCUT2D eigenvalue weighted by Crippen LogP contribution is -2.17. The molecule has 0 aliphatic heterocycles. The SMILES string of the molecule is Cc1sc2nc(Cc3cccc(C(F)(F)F)c3F)cc(=O)n2c1Cc1ncc[nH]1. The van der Waals surface area contributed by atoms with E-state index in [1.165, 1.54) is 27.9 Å². The average Bonchev–Trinajstić information content (AvgIpc) is 3.24. The summed E-state index contributed by atoms with van der Waals surface area (Å²) in [6.07, 6.45) is -1.31. The van der Waals surface area contributed by atoms with Crippen molar-refractivity contribution in [2.45, 2.75) is 25.9 Å². The summed E-state index contributed by atoms with van der Waals surface area (Å²) in [6.45, 7) is 1.85. The number of hydrogen-bond acceptors (Lipinski definition) is 4. The molecule has 3 aromatic heterocycles. The number of imidazole rings is 1. The molecule has 10 heteroatoms. The van der Waals surface area contributed by atoms with Crippen LogP contribution in [-0.4, -0.2) is 19.4 Å². The minimum atomic E-state index is -4.79. The Kier molecular flexibility index (Phi) is 4.73. The van der Waals surface area contributed by atoms with E-state index in [0.717, 1.165) is 16.6 Å². The van der Waals surface area contributed by atoms with Crippen molar-refractivity contribution < 1.29 is 17.6 Å². The van der Waals surface area contributed by atoms with Crippen LogP contribution in [-0.2, 0) is 19.0 Å². The molecule has 0 aliphatic rings. The lowest BCUT2D eigenvalue weighted by molar-refractivity contribution is -0.140. The first-order chi connectivity index (χ1) is 13.7. The van der Waals surface area contributed by atoms with Gasteiger partial charge < -0.3 is 4.98 Å². The topological polar surface area (TPSA) is 63.1 Å². The van der Waals surface area contributed by atoms with E-state index >= 15 is 0 Å². The van der Waals surface area contributed by atoms with Gasteiger partial charge >= 0.3 is 6.18 Å². The molecule has 4 aromatic rings. The number of benzene rings is 1. The van der Waals surface area contributed by atoms with Crippen LogP contribution in [0.25, 0.3) is 4.96 Å². The first-order valence-electron chi connectivity index (χ1n) is 8.58. The largest absolute Gasteiger partial charge is 0.419 e. The summed E-state index contributed by atoms with van der Waals surface area (Å²) in [5.74, 6) is -0.655. The Morgan fingerprint density at radius 2 is 2.03 bits per heavy atom. The number of hydrogen-bond donors (Lipinski definition) is 1. The Morgan fingerprint density at radius 1 is 1.24 bits per heavy atom. The summed E-state index contributed by atoms with van der Waals surface area (Å²) in [6, 6.07) is 4.32. The van der Waals surface area contributed by atoms with Crippen LogP contribution < -0.4 is 5.56 Å². The van der Waals surface area contributed by atoms with Crippen LogP contribution in [0.1, 0.15) is 33.2 Å². The number of aromatic nitrogens is 4. The van der Waals surface area contributed by atoms with Gasteiger partial charge in [-0.05, 0) is 18.6 Å². The van der Waals surface area contributed by atoms with E-state index in [-0.39, 0.29) is 23.2 Å². The highest BCUT2D eigenvalue weighted by molar-refractivity contribution is 7.17. The lowest BCUT2D eigenvalue weighted by atomic mass is 10.0. The van der Waals surface area contributed by atoms with Crippen LogP contribution in [0.15, 0.2) is 41.5 Å². The van der Waals surface area contributed by atoms with Gasteiger partial charge in [0.05, 0.1) is 11.3 Å². The van der Waals surface area contributed by atoms with Gasteiger partial charge in [-0.1, -0.05) is 12.1 Å². The first-order valence-corrected chi connectivity index (χ1v) is 9.39. The standard InChI is InChI=1S/C19H14F4N4OS/c1-10-14(9-15-24-5-6-25-15)27-16(28)8-12(26-18(27)29-10)7-11-3-2-4-13(17(11)20)19(21,22)23/h2-6,8H,7,9H2,1H3,(H,24,25). The van der Waals surface area contributed by atoms with E-state index in [1.807, 2.05) is 6.92 Å². The van der Waals surface area contributed by atoms with Crippen molar-refractivity contribution >= 4 is 16.3 Å². The maximum Gasteiger partial charge on any atom is 0.419 e. The third-order valence-corrected chi connectivity index (χ3v) is 5.51. The summed E-state index contributed by atoms with van der Waals surface area (Å²) in [4.78, 5) is 25.5. The fourth-order valence-corrected chi connectivity index (χ4v) is 4.16. The number of aromatic amines is 1. The zero-order chi connectivity index (χ0) is 20.8. The fourth-order valence-electron chi connectivity index (χ4n) is 3.15. The van der Waals surface area contributed by atoms with Crippen molar-refractivity contribution in [3.8, 4) is 0 Å². The third-order valence-electron chi connectivity index (χ3n) is 4.51. The maximum absolute atomic E-state index is 14.3. The summed E-state index contributed by atoms with van der Waals surface area (Å²) >= 11 is 1.29. The van der Waals surface area contributed by atoms with Crippen molar-refractivity contribution in [1.82, 2.24) is 19.4 Å². The molecular weight excluding hydrogens is 408 g/mol. The van der Waals surface area contributed by atoms with Gasteiger partial charge in [-0.15, -0.1) is 11.3 Å². The summed E-state index contributed by atoms with van der Waals surface area (Å²) < 4.78 is 54.5. The van der Waals surface area contributed by atoms with Crippen LogP contribution in [0.5, 0.6) is 0 Å². The molecule has 1 N–H and O–H groups in total. The van der Waals surface area contributed by atoms with Crippen molar-refractivity contribution in [2.75, 3.05) is 0 Å². The summed E-state index contributed by atoms with van der Waals surface area (Å²) in [5.41, 5.74) is -0.933. The van der Waals surface area contributed by atoms with E-state index in [0.29, 0.717) is 23.3 Å². The van der Waals surface area contributed by atoms with Crippen molar-refractivity contribution in [3.63, 3.8) is 0 Å². The summed E-state index contributed by atoms with van der Waals surface area (Å²) in [5, 5.41) is 0. The second kappa shape index (κ2) is 7.11. The molecule has 0 spiro atoms. The Hall–Kier alpha value is -3.01. The minimum absolute atomic E-state index is 0.167. The van der Waals surface area contributed by atoms with Crippen LogP contribution >= 0.6 is 11.3 Å². The zero-order valence-corrected chi connectivity index (χ0v) is 15.9. The monoisotopic (exact) mass is 422 g/mol. The van der Waals surface area contributed by atoms with E-state index in [1.54, 1.807) is 12.4 Å². The Labute approximate surface area is 165 Å². The number of H-pyrrole nitrogens is 1. The summed E-state index contributed by atoms with van der Waals surface area (Å²) in [7, 11) is 0. The number of fused-ring (bicyclic) bond motifs is 1. The Bertz CT molecular complexity index is 1240. The zero-order valence-electron chi connectivity index (χ0n) is 15.0. The van der Waals surface area contributed by atoms with Gasteiger partial charge in [0.25, 0.3) is 5.56 Å². The highest BCUT2D eigenvalue weighted by Gasteiger charge is 2.34. The van der Waals surface area contributed by atoms with E-state index in [4.69, 9.17) is 0 Å². The molecule has 29 heavy (non-hydrogen) atoms. The van der Waals surface area contributed by atoms with Gasteiger partial charge in [-0.2, -0.15) is 13.2 Å².